The van der Waals surface area contributed by atoms with E-state index in [1.165, 1.54) is 4.24 Å². The summed E-state index contributed by atoms with van der Waals surface area (Å²) in [5.41, 5.74) is 3.17. The van der Waals surface area contributed by atoms with E-state index in [2.05, 4.69) is 18.6 Å². The van der Waals surface area contributed by atoms with Gasteiger partial charge in [0, 0.05) is 40.6 Å². The monoisotopic (exact) mass is 296 g/mol. The molecule has 0 unspecified atom stereocenters. The van der Waals surface area contributed by atoms with E-state index in [1.807, 2.05) is 22.2 Å². The van der Waals surface area contributed by atoms with E-state index in [1.54, 1.807) is 55.3 Å². The molecule has 1 heterocycles. The topological polar surface area (TPSA) is 15.3 Å². The lowest BCUT2D eigenvalue weighted by Gasteiger charge is -2.10. The van der Waals surface area contributed by atoms with E-state index >= 15 is 0 Å². The van der Waals surface area contributed by atoms with Gasteiger partial charge in [-0.25, -0.2) is 0 Å². The molecule has 0 atom stereocenters. The molecule has 0 aliphatic carbocycles. The van der Waals surface area contributed by atoms with Gasteiger partial charge < -0.3 is 5.43 Å². The zero-order chi connectivity index (χ0) is 10.9. The Balaban J connectivity index is 2.08. The predicted molar refractivity (Wildman–Crippen MR) is 81.1 cm³/mol. The lowest BCUT2D eigenvalue weighted by atomic mass is 10.8. The maximum Gasteiger partial charge on any atom is 0.0865 e. The Morgan fingerprint density at radius 2 is 2.07 bits per heavy atom. The average molecular weight is 297 g/mol. The number of nitrogens with one attached hydrogen (secondary N) is 1. The fourth-order valence-electron chi connectivity index (χ4n) is 0.582. The maximum atomic E-state index is 3.69. The van der Waals surface area contributed by atoms with Crippen LogP contribution in [0.3, 0.4) is 0 Å². The van der Waals surface area contributed by atoms with E-state index in [0.29, 0.717) is 0 Å². The van der Waals surface area contributed by atoms with Gasteiger partial charge in [0.15, 0.2) is 0 Å². The minimum atomic E-state index is 0.955. The third-order valence-electron chi connectivity index (χ3n) is 1.09. The highest BCUT2D eigenvalue weighted by atomic mass is 33.1. The molecule has 0 aromatic heterocycles. The number of hydrogen-bond donors (Lipinski definition) is 1. The SMILES string of the molecule is C=CCSSC1=CNN(SSCC=C)S1. The Labute approximate surface area is 111 Å². The van der Waals surface area contributed by atoms with Gasteiger partial charge in [0.05, 0.1) is 4.24 Å². The minimum Gasteiger partial charge on any atom is -0.304 e. The summed E-state index contributed by atoms with van der Waals surface area (Å²) < 4.78 is 3.30. The average Bonchev–Trinajstić information content (AvgIpc) is 2.67. The van der Waals surface area contributed by atoms with Crippen molar-refractivity contribution in [2.45, 2.75) is 0 Å². The van der Waals surface area contributed by atoms with E-state index < -0.39 is 0 Å². The van der Waals surface area contributed by atoms with Crippen molar-refractivity contribution < 1.29 is 0 Å². The molecule has 0 aromatic rings. The van der Waals surface area contributed by atoms with Crippen LogP contribution < -0.4 is 5.43 Å². The van der Waals surface area contributed by atoms with Crippen LogP contribution in [0.25, 0.3) is 0 Å². The van der Waals surface area contributed by atoms with Crippen LogP contribution in [0, 0.1) is 0 Å². The van der Waals surface area contributed by atoms with E-state index in [9.17, 15) is 0 Å². The normalized spacial score (nSPS) is 15.9. The van der Waals surface area contributed by atoms with Crippen molar-refractivity contribution in [1.82, 2.24) is 9.25 Å². The van der Waals surface area contributed by atoms with Gasteiger partial charge in [-0.1, -0.05) is 37.6 Å². The van der Waals surface area contributed by atoms with Crippen LogP contribution in [0.4, 0.5) is 0 Å². The second-order valence-corrected chi connectivity index (χ2v) is 8.34. The van der Waals surface area contributed by atoms with Crippen LogP contribution in [0.1, 0.15) is 0 Å². The summed E-state index contributed by atoms with van der Waals surface area (Å²) in [5.74, 6) is 1.93. The standard InChI is InChI=1S/C8H12N2S5/c1-3-5-11-14-8-7-9-10(13-8)15-12-6-4-2/h3-4,7,9H,1-2,5-6H2. The number of hydrogen-bond acceptors (Lipinski definition) is 7. The van der Waals surface area contributed by atoms with Gasteiger partial charge in [-0.3, -0.25) is 0 Å². The molecule has 1 aliphatic rings. The molecule has 0 aromatic carbocycles. The Morgan fingerprint density at radius 3 is 2.80 bits per heavy atom. The van der Waals surface area contributed by atoms with Crippen molar-refractivity contribution in [2.75, 3.05) is 11.5 Å². The molecular weight excluding hydrogens is 284 g/mol. The molecule has 15 heavy (non-hydrogen) atoms. The first kappa shape index (κ1) is 13.8. The second-order valence-electron chi connectivity index (χ2n) is 2.25. The van der Waals surface area contributed by atoms with Gasteiger partial charge in [0.2, 0.25) is 0 Å². The molecule has 1 rings (SSSR count). The summed E-state index contributed by atoms with van der Waals surface area (Å²) in [6.45, 7) is 7.37. The van der Waals surface area contributed by atoms with Crippen molar-refractivity contribution >= 4 is 55.3 Å². The lowest BCUT2D eigenvalue weighted by Crippen LogP contribution is -2.13. The number of rotatable bonds is 8. The largest absolute Gasteiger partial charge is 0.304 e. The molecule has 7 heteroatoms. The van der Waals surface area contributed by atoms with Crippen molar-refractivity contribution in [2.24, 2.45) is 0 Å². The fraction of sp³-hybridized carbons (Fsp3) is 0.250. The molecule has 2 nitrogen and oxygen atoms in total. The minimum absolute atomic E-state index is 0.955. The molecule has 0 saturated heterocycles. The van der Waals surface area contributed by atoms with E-state index in [4.69, 9.17) is 0 Å². The van der Waals surface area contributed by atoms with E-state index in [-0.39, 0.29) is 0 Å². The van der Waals surface area contributed by atoms with Crippen molar-refractivity contribution in [3.05, 3.63) is 35.7 Å². The molecule has 0 bridgehead atoms. The Bertz CT molecular complexity index is 243. The summed E-state index contributed by atoms with van der Waals surface area (Å²) in [6.07, 6.45) is 5.84. The van der Waals surface area contributed by atoms with Crippen LogP contribution in [0.2, 0.25) is 0 Å². The fourth-order valence-corrected chi connectivity index (χ4v) is 5.78. The Kier molecular flexibility index (Phi) is 8.12. The predicted octanol–water partition coefficient (Wildman–Crippen LogP) is 4.30. The molecule has 0 fully saturated rings. The highest BCUT2D eigenvalue weighted by Gasteiger charge is 2.16. The Hall–Kier alpha value is 0.730. The third kappa shape index (κ3) is 6.13. The molecular formula is C8H12N2S5. The first-order valence-electron chi connectivity index (χ1n) is 4.12. The molecule has 0 radical (unpaired) electrons. The van der Waals surface area contributed by atoms with Gasteiger partial charge in [-0.15, -0.1) is 13.2 Å². The molecule has 1 N–H and O–H groups in total. The summed E-state index contributed by atoms with van der Waals surface area (Å²) in [5, 5.41) is 0. The maximum absolute atomic E-state index is 3.69. The molecule has 84 valence electrons. The quantitative estimate of drug-likeness (QED) is 0.307. The van der Waals surface area contributed by atoms with Crippen molar-refractivity contribution in [3.8, 4) is 0 Å². The first-order valence-corrected chi connectivity index (χ1v) is 9.49. The van der Waals surface area contributed by atoms with Crippen LogP contribution >= 0.6 is 55.3 Å². The van der Waals surface area contributed by atoms with Gasteiger partial charge in [0.1, 0.15) is 0 Å². The van der Waals surface area contributed by atoms with Gasteiger partial charge in [0.25, 0.3) is 0 Å². The second kappa shape index (κ2) is 8.83. The highest BCUT2D eigenvalue weighted by molar-refractivity contribution is 8.81. The van der Waals surface area contributed by atoms with Gasteiger partial charge >= 0.3 is 0 Å². The van der Waals surface area contributed by atoms with Crippen molar-refractivity contribution in [3.63, 3.8) is 0 Å². The van der Waals surface area contributed by atoms with Crippen LogP contribution in [0.15, 0.2) is 35.7 Å². The summed E-state index contributed by atoms with van der Waals surface area (Å²) in [4.78, 5) is 0. The molecule has 0 saturated carbocycles. The summed E-state index contributed by atoms with van der Waals surface area (Å²) in [7, 11) is 7.01. The van der Waals surface area contributed by atoms with Crippen LogP contribution in [0.5, 0.6) is 0 Å². The number of hydrazine groups is 1. The molecule has 0 amide bonds. The van der Waals surface area contributed by atoms with Crippen LogP contribution in [-0.2, 0) is 0 Å². The Morgan fingerprint density at radius 1 is 1.33 bits per heavy atom. The third-order valence-corrected chi connectivity index (χ3v) is 7.15. The van der Waals surface area contributed by atoms with Crippen LogP contribution in [-0.4, -0.2) is 15.3 Å². The lowest BCUT2D eigenvalue weighted by molar-refractivity contribution is 0.674. The van der Waals surface area contributed by atoms with Gasteiger partial charge in [-0.05, 0) is 10.8 Å². The number of nitrogens with zero attached hydrogens (tertiary/aromatic N) is 1. The zero-order valence-corrected chi connectivity index (χ0v) is 12.1. The highest BCUT2D eigenvalue weighted by Crippen LogP contribution is 2.45. The smallest absolute Gasteiger partial charge is 0.0865 e. The summed E-state index contributed by atoms with van der Waals surface area (Å²) in [6, 6.07) is 0. The van der Waals surface area contributed by atoms with Gasteiger partial charge in [-0.2, -0.15) is 0 Å². The zero-order valence-electron chi connectivity index (χ0n) is 8.05. The van der Waals surface area contributed by atoms with E-state index in [0.717, 1.165) is 11.5 Å². The summed E-state index contributed by atoms with van der Waals surface area (Å²) >= 11 is 1.71. The molecule has 1 aliphatic heterocycles. The first-order chi connectivity index (χ1) is 7.36. The van der Waals surface area contributed by atoms with Crippen molar-refractivity contribution in [1.29, 1.82) is 0 Å². The molecule has 0 spiro atoms.